The third kappa shape index (κ3) is 3.64. The summed E-state index contributed by atoms with van der Waals surface area (Å²) >= 11 is 0. The topological polar surface area (TPSA) is 87.9 Å². The van der Waals surface area contributed by atoms with Crippen LogP contribution in [0.1, 0.15) is 21.5 Å². The number of carbonyl (C=O) groups excluding carboxylic acids is 1. The molecular weight excluding hydrogens is 404 g/mol. The summed E-state index contributed by atoms with van der Waals surface area (Å²) in [5.74, 6) is -0.447. The number of hydrogen-bond donors (Lipinski definition) is 0. The van der Waals surface area contributed by atoms with Crippen LogP contribution in [0.5, 0.6) is 0 Å². The van der Waals surface area contributed by atoms with Gasteiger partial charge in [0.1, 0.15) is 11.1 Å². The highest BCUT2D eigenvalue weighted by atomic mass is 32.2. The van der Waals surface area contributed by atoms with Gasteiger partial charge in [-0.2, -0.15) is 4.31 Å². The predicted molar refractivity (Wildman–Crippen MR) is 113 cm³/mol. The summed E-state index contributed by atoms with van der Waals surface area (Å²) in [6.07, 6.45) is 0. The van der Waals surface area contributed by atoms with Gasteiger partial charge in [0.15, 0.2) is 0 Å². The van der Waals surface area contributed by atoms with Crippen LogP contribution >= 0.6 is 0 Å². The normalized spacial score (nSPS) is 15.5. The van der Waals surface area contributed by atoms with Crippen LogP contribution < -0.4 is 5.63 Å². The standard InChI is InChI=1S/C22H22N2O5S/c1-15-7-8-18(13-16(15)2)30(27,28)24-11-9-23(10-12-24)21(25)19-14-17-5-3-4-6-20(17)29-22(19)26/h3-8,13-14H,9-12H2,1-2H3. The van der Waals surface area contributed by atoms with Crippen molar-refractivity contribution >= 4 is 26.9 Å². The maximum atomic E-state index is 13.0. The number of benzene rings is 2. The molecule has 2 heterocycles. The van der Waals surface area contributed by atoms with Crippen molar-refractivity contribution in [3.05, 3.63) is 75.6 Å². The maximum absolute atomic E-state index is 13.0. The Hall–Kier alpha value is -2.97. The van der Waals surface area contributed by atoms with Gasteiger partial charge in [0.25, 0.3) is 5.91 Å². The summed E-state index contributed by atoms with van der Waals surface area (Å²) in [5.41, 5.74) is 1.62. The van der Waals surface area contributed by atoms with Gasteiger partial charge in [0.05, 0.1) is 4.90 Å². The van der Waals surface area contributed by atoms with Crippen molar-refractivity contribution in [2.24, 2.45) is 0 Å². The highest BCUT2D eigenvalue weighted by Crippen LogP contribution is 2.21. The molecule has 1 aliphatic heterocycles. The zero-order valence-corrected chi connectivity index (χ0v) is 17.6. The summed E-state index contributed by atoms with van der Waals surface area (Å²) in [6, 6.07) is 13.6. The number of nitrogens with zero attached hydrogens (tertiary/aromatic N) is 2. The molecule has 4 rings (SSSR count). The van der Waals surface area contributed by atoms with Gasteiger partial charge in [-0.25, -0.2) is 13.2 Å². The molecule has 8 heteroatoms. The van der Waals surface area contributed by atoms with Gasteiger partial charge in [-0.1, -0.05) is 24.3 Å². The summed E-state index contributed by atoms with van der Waals surface area (Å²) in [7, 11) is -3.64. The lowest BCUT2D eigenvalue weighted by Gasteiger charge is -2.34. The number of amides is 1. The zero-order chi connectivity index (χ0) is 21.5. The van der Waals surface area contributed by atoms with Gasteiger partial charge >= 0.3 is 5.63 Å². The van der Waals surface area contributed by atoms with Gasteiger partial charge < -0.3 is 9.32 Å². The SMILES string of the molecule is Cc1ccc(S(=O)(=O)N2CCN(C(=O)c3cc4ccccc4oc3=O)CC2)cc1C. The second-order valence-corrected chi connectivity index (χ2v) is 9.37. The van der Waals surface area contributed by atoms with E-state index in [1.54, 1.807) is 42.5 Å². The van der Waals surface area contributed by atoms with Gasteiger partial charge in [0, 0.05) is 31.6 Å². The number of rotatable bonds is 3. The molecule has 156 valence electrons. The molecule has 1 fully saturated rings. The molecule has 1 aromatic heterocycles. The Morgan fingerprint density at radius 2 is 1.63 bits per heavy atom. The van der Waals surface area contributed by atoms with Crippen LogP contribution in [-0.2, 0) is 10.0 Å². The molecule has 0 bridgehead atoms. The first-order valence-corrected chi connectivity index (χ1v) is 11.1. The second kappa shape index (κ2) is 7.70. The minimum atomic E-state index is -3.64. The van der Waals surface area contributed by atoms with E-state index < -0.39 is 21.6 Å². The fourth-order valence-electron chi connectivity index (χ4n) is 3.54. The van der Waals surface area contributed by atoms with Crippen LogP contribution in [0.15, 0.2) is 62.6 Å². The molecule has 0 saturated carbocycles. The lowest BCUT2D eigenvalue weighted by atomic mass is 10.1. The fraction of sp³-hybridized carbons (Fsp3) is 0.273. The van der Waals surface area contributed by atoms with Crippen LogP contribution in [0.3, 0.4) is 0 Å². The van der Waals surface area contributed by atoms with Gasteiger partial charge in [-0.15, -0.1) is 0 Å². The number of hydrogen-bond acceptors (Lipinski definition) is 5. The molecule has 3 aromatic rings. The molecule has 30 heavy (non-hydrogen) atoms. The first-order valence-electron chi connectivity index (χ1n) is 9.67. The first kappa shape index (κ1) is 20.3. The molecule has 0 spiro atoms. The van der Waals surface area contributed by atoms with E-state index >= 15 is 0 Å². The quantitative estimate of drug-likeness (QED) is 0.601. The molecule has 0 N–H and O–H groups in total. The Morgan fingerprint density at radius 3 is 2.33 bits per heavy atom. The lowest BCUT2D eigenvalue weighted by Crippen LogP contribution is -2.51. The van der Waals surface area contributed by atoms with Crippen LogP contribution in [0, 0.1) is 13.8 Å². The highest BCUT2D eigenvalue weighted by Gasteiger charge is 2.31. The summed E-state index contributed by atoms with van der Waals surface area (Å²) in [6.45, 7) is 4.55. The minimum absolute atomic E-state index is 0.0424. The summed E-state index contributed by atoms with van der Waals surface area (Å²) in [5, 5.41) is 0.663. The van der Waals surface area contributed by atoms with Crippen molar-refractivity contribution in [1.82, 2.24) is 9.21 Å². The van der Waals surface area contributed by atoms with Crippen LogP contribution in [-0.4, -0.2) is 49.7 Å². The highest BCUT2D eigenvalue weighted by molar-refractivity contribution is 7.89. The first-order chi connectivity index (χ1) is 14.3. The Morgan fingerprint density at radius 1 is 0.933 bits per heavy atom. The van der Waals surface area contributed by atoms with E-state index in [9.17, 15) is 18.0 Å². The van der Waals surface area contributed by atoms with Crippen LogP contribution in [0.2, 0.25) is 0 Å². The van der Waals surface area contributed by atoms with Crippen molar-refractivity contribution in [2.45, 2.75) is 18.7 Å². The van der Waals surface area contributed by atoms with Crippen LogP contribution in [0.4, 0.5) is 0 Å². The smallest absolute Gasteiger partial charge is 0.349 e. The number of carbonyl (C=O) groups is 1. The molecule has 2 aromatic carbocycles. The average Bonchev–Trinajstić information content (AvgIpc) is 2.74. The van der Waals surface area contributed by atoms with E-state index in [1.807, 2.05) is 13.8 Å². The lowest BCUT2D eigenvalue weighted by molar-refractivity contribution is 0.0694. The molecule has 1 saturated heterocycles. The largest absolute Gasteiger partial charge is 0.422 e. The molecule has 1 aliphatic rings. The molecule has 0 radical (unpaired) electrons. The Balaban J connectivity index is 1.52. The summed E-state index contributed by atoms with van der Waals surface area (Å²) in [4.78, 5) is 26.9. The molecular formula is C22H22N2O5S. The van der Waals surface area contributed by atoms with Crippen molar-refractivity contribution in [3.8, 4) is 0 Å². The number of para-hydroxylation sites is 1. The average molecular weight is 426 g/mol. The van der Waals surface area contributed by atoms with Crippen molar-refractivity contribution < 1.29 is 17.6 Å². The third-order valence-corrected chi connectivity index (χ3v) is 7.41. The molecule has 0 aliphatic carbocycles. The Kier molecular flexibility index (Phi) is 5.21. The maximum Gasteiger partial charge on any atom is 0.349 e. The second-order valence-electron chi connectivity index (χ2n) is 7.43. The molecule has 0 unspecified atom stereocenters. The van der Waals surface area contributed by atoms with Crippen molar-refractivity contribution in [2.75, 3.05) is 26.2 Å². The number of aryl methyl sites for hydroxylation is 2. The van der Waals surface area contributed by atoms with E-state index in [1.165, 1.54) is 15.3 Å². The molecule has 1 amide bonds. The molecule has 0 atom stereocenters. The zero-order valence-electron chi connectivity index (χ0n) is 16.8. The Labute approximate surface area is 174 Å². The number of fused-ring (bicyclic) bond motifs is 1. The number of sulfonamides is 1. The van der Waals surface area contributed by atoms with E-state index in [0.717, 1.165) is 11.1 Å². The van der Waals surface area contributed by atoms with Gasteiger partial charge in [-0.3, -0.25) is 4.79 Å². The summed E-state index contributed by atoms with van der Waals surface area (Å²) < 4.78 is 32.5. The van der Waals surface area contributed by atoms with E-state index in [0.29, 0.717) is 11.0 Å². The van der Waals surface area contributed by atoms with Crippen molar-refractivity contribution in [3.63, 3.8) is 0 Å². The number of piperazine rings is 1. The van der Waals surface area contributed by atoms with Gasteiger partial charge in [0.2, 0.25) is 10.0 Å². The molecule has 7 nitrogen and oxygen atoms in total. The third-order valence-electron chi connectivity index (χ3n) is 5.51. The van der Waals surface area contributed by atoms with E-state index in [-0.39, 0.29) is 36.6 Å². The monoisotopic (exact) mass is 426 g/mol. The van der Waals surface area contributed by atoms with Crippen LogP contribution in [0.25, 0.3) is 11.0 Å². The van der Waals surface area contributed by atoms with E-state index in [4.69, 9.17) is 4.42 Å². The predicted octanol–water partition coefficient (Wildman–Crippen LogP) is 2.56. The fourth-order valence-corrected chi connectivity index (χ4v) is 5.04. The van der Waals surface area contributed by atoms with Crippen molar-refractivity contribution in [1.29, 1.82) is 0 Å². The Bertz CT molecular complexity index is 1290. The van der Waals surface area contributed by atoms with Gasteiger partial charge in [-0.05, 0) is 49.2 Å². The minimum Gasteiger partial charge on any atom is -0.422 e. The van der Waals surface area contributed by atoms with E-state index in [2.05, 4.69) is 0 Å².